The highest BCUT2D eigenvalue weighted by atomic mass is 16.5. The largest absolute Gasteiger partial charge is 0.493 e. The van der Waals surface area contributed by atoms with Crippen LogP contribution in [0.25, 0.3) is 16.8 Å². The van der Waals surface area contributed by atoms with E-state index in [2.05, 4.69) is 15.0 Å². The van der Waals surface area contributed by atoms with Crippen LogP contribution in [-0.2, 0) is 0 Å². The molecule has 1 aliphatic heterocycles. The number of ether oxygens (including phenoxy) is 3. The number of aliphatic hydroxyl groups is 1. The van der Waals surface area contributed by atoms with Crippen LogP contribution in [0, 0.1) is 0 Å². The van der Waals surface area contributed by atoms with E-state index in [-0.39, 0.29) is 6.61 Å². The number of hydrogen-bond acceptors (Lipinski definition) is 7. The topological polar surface area (TPSA) is 81.4 Å². The summed E-state index contributed by atoms with van der Waals surface area (Å²) >= 11 is 0. The van der Waals surface area contributed by atoms with Gasteiger partial charge in [0.25, 0.3) is 0 Å². The number of rotatable bonds is 7. The number of piperidine rings is 1. The van der Waals surface area contributed by atoms with Crippen LogP contribution in [0.1, 0.15) is 25.7 Å². The maximum Gasteiger partial charge on any atom is 0.203 e. The third-order valence-corrected chi connectivity index (χ3v) is 5.74. The van der Waals surface area contributed by atoms with Crippen molar-refractivity contribution < 1.29 is 19.3 Å². The Morgan fingerprint density at radius 3 is 2.53 bits per heavy atom. The van der Waals surface area contributed by atoms with Crippen molar-refractivity contribution in [2.75, 3.05) is 39.4 Å². The van der Waals surface area contributed by atoms with Gasteiger partial charge in [0.2, 0.25) is 5.75 Å². The second-order valence-electron chi connectivity index (χ2n) is 7.37. The van der Waals surface area contributed by atoms with Gasteiger partial charge in [0.1, 0.15) is 5.82 Å². The molecular formula is C22H28N4O4. The van der Waals surface area contributed by atoms with E-state index in [0.29, 0.717) is 23.3 Å². The number of aliphatic hydroxyl groups excluding tert-OH is 1. The Morgan fingerprint density at radius 1 is 1.10 bits per heavy atom. The Morgan fingerprint density at radius 2 is 1.87 bits per heavy atom. The lowest BCUT2D eigenvalue weighted by Gasteiger charge is -2.37. The summed E-state index contributed by atoms with van der Waals surface area (Å²) in [4.78, 5) is 6.96. The van der Waals surface area contributed by atoms with E-state index in [1.807, 2.05) is 35.1 Å². The monoisotopic (exact) mass is 412 g/mol. The predicted molar refractivity (Wildman–Crippen MR) is 115 cm³/mol. The fourth-order valence-corrected chi connectivity index (χ4v) is 4.29. The van der Waals surface area contributed by atoms with Gasteiger partial charge in [0.15, 0.2) is 17.1 Å². The van der Waals surface area contributed by atoms with E-state index in [1.165, 1.54) is 6.42 Å². The average molecular weight is 412 g/mol. The molecule has 1 aliphatic rings. The van der Waals surface area contributed by atoms with E-state index < -0.39 is 0 Å². The van der Waals surface area contributed by atoms with Crippen molar-refractivity contribution in [1.29, 1.82) is 0 Å². The molecule has 1 fully saturated rings. The van der Waals surface area contributed by atoms with Gasteiger partial charge in [-0.3, -0.25) is 0 Å². The van der Waals surface area contributed by atoms with Crippen molar-refractivity contribution in [3.63, 3.8) is 0 Å². The Balaban J connectivity index is 1.81. The fraction of sp³-hybridized carbons (Fsp3) is 0.455. The van der Waals surface area contributed by atoms with Crippen molar-refractivity contribution in [2.45, 2.75) is 31.7 Å². The van der Waals surface area contributed by atoms with Gasteiger partial charge in [-0.05, 0) is 49.4 Å². The molecule has 1 atom stereocenters. The van der Waals surface area contributed by atoms with Gasteiger partial charge in [-0.1, -0.05) is 0 Å². The molecule has 8 heteroatoms. The Labute approximate surface area is 176 Å². The lowest BCUT2D eigenvalue weighted by molar-refractivity contribution is 0.262. The van der Waals surface area contributed by atoms with Crippen LogP contribution in [-0.4, -0.2) is 60.2 Å². The summed E-state index contributed by atoms with van der Waals surface area (Å²) in [5.74, 6) is 2.72. The molecule has 0 spiro atoms. The van der Waals surface area contributed by atoms with E-state index in [1.54, 1.807) is 21.3 Å². The first kappa shape index (κ1) is 20.3. The van der Waals surface area contributed by atoms with E-state index in [0.717, 1.165) is 48.4 Å². The summed E-state index contributed by atoms with van der Waals surface area (Å²) in [5.41, 5.74) is 2.52. The fourth-order valence-electron chi connectivity index (χ4n) is 4.29. The van der Waals surface area contributed by atoms with E-state index >= 15 is 0 Å². The van der Waals surface area contributed by atoms with Gasteiger partial charge >= 0.3 is 0 Å². The third kappa shape index (κ3) is 3.52. The number of benzene rings is 1. The maximum absolute atomic E-state index is 9.50. The SMILES string of the molecule is COc1cc(-c2cnn3c(N4CCCCC4CCO)ccnc23)cc(OC)c1OC. The molecule has 0 saturated carbocycles. The van der Waals surface area contributed by atoms with Crippen molar-refractivity contribution >= 4 is 11.5 Å². The molecule has 1 aromatic carbocycles. The molecule has 0 radical (unpaired) electrons. The number of aromatic nitrogens is 3. The van der Waals surface area contributed by atoms with Crippen molar-refractivity contribution in [3.05, 3.63) is 30.6 Å². The molecule has 3 heterocycles. The predicted octanol–water partition coefficient (Wildman–Crippen LogP) is 3.16. The zero-order valence-corrected chi connectivity index (χ0v) is 17.7. The van der Waals surface area contributed by atoms with Crippen LogP contribution < -0.4 is 19.1 Å². The Bertz CT molecular complexity index is 993. The molecule has 160 valence electrons. The maximum atomic E-state index is 9.50. The number of hydrogen-bond donors (Lipinski definition) is 1. The second-order valence-corrected chi connectivity index (χ2v) is 7.37. The van der Waals surface area contributed by atoms with Crippen LogP contribution >= 0.6 is 0 Å². The van der Waals surface area contributed by atoms with Crippen molar-refractivity contribution in [3.8, 4) is 28.4 Å². The summed E-state index contributed by atoms with van der Waals surface area (Å²) in [6, 6.07) is 6.11. The highest BCUT2D eigenvalue weighted by Gasteiger charge is 2.25. The first-order chi connectivity index (χ1) is 14.7. The van der Waals surface area contributed by atoms with Crippen LogP contribution in [0.3, 0.4) is 0 Å². The lowest BCUT2D eigenvalue weighted by atomic mass is 9.99. The molecule has 0 aliphatic carbocycles. The smallest absolute Gasteiger partial charge is 0.203 e. The zero-order chi connectivity index (χ0) is 21.1. The van der Waals surface area contributed by atoms with Gasteiger partial charge in [-0.25, -0.2) is 4.98 Å². The van der Waals surface area contributed by atoms with Gasteiger partial charge in [0.05, 0.1) is 27.5 Å². The minimum absolute atomic E-state index is 0.186. The van der Waals surface area contributed by atoms with Crippen molar-refractivity contribution in [1.82, 2.24) is 14.6 Å². The van der Waals surface area contributed by atoms with Gasteiger partial charge in [-0.15, -0.1) is 0 Å². The minimum Gasteiger partial charge on any atom is -0.493 e. The number of anilines is 1. The molecule has 8 nitrogen and oxygen atoms in total. The first-order valence-corrected chi connectivity index (χ1v) is 10.2. The molecule has 1 unspecified atom stereocenters. The molecule has 1 N–H and O–H groups in total. The zero-order valence-electron chi connectivity index (χ0n) is 17.7. The molecule has 0 bridgehead atoms. The number of methoxy groups -OCH3 is 3. The minimum atomic E-state index is 0.186. The molecule has 0 amide bonds. The standard InChI is InChI=1S/C22H28N4O4/c1-28-18-12-15(13-19(29-2)21(18)30-3)17-14-24-26-20(7-9-23-22(17)26)25-10-5-4-6-16(25)8-11-27/h7,9,12-14,16,27H,4-6,8,10-11H2,1-3H3. The van der Waals surface area contributed by atoms with Crippen LogP contribution in [0.5, 0.6) is 17.2 Å². The Kier molecular flexibility index (Phi) is 5.94. The van der Waals surface area contributed by atoms with Crippen molar-refractivity contribution in [2.24, 2.45) is 0 Å². The van der Waals surface area contributed by atoms with Gasteiger partial charge in [0, 0.05) is 31.0 Å². The first-order valence-electron chi connectivity index (χ1n) is 10.2. The van der Waals surface area contributed by atoms with Crippen LogP contribution in [0.4, 0.5) is 5.82 Å². The summed E-state index contributed by atoms with van der Waals surface area (Å²) in [7, 11) is 4.79. The van der Waals surface area contributed by atoms with E-state index in [9.17, 15) is 5.11 Å². The highest BCUT2D eigenvalue weighted by molar-refractivity contribution is 5.81. The molecule has 30 heavy (non-hydrogen) atoms. The number of nitrogens with zero attached hydrogens (tertiary/aromatic N) is 4. The van der Waals surface area contributed by atoms with Crippen LogP contribution in [0.2, 0.25) is 0 Å². The summed E-state index contributed by atoms with van der Waals surface area (Å²) < 4.78 is 18.3. The lowest BCUT2D eigenvalue weighted by Crippen LogP contribution is -2.41. The summed E-state index contributed by atoms with van der Waals surface area (Å²) in [6.07, 6.45) is 7.78. The molecule has 3 aromatic rings. The molecule has 1 saturated heterocycles. The number of fused-ring (bicyclic) bond motifs is 1. The third-order valence-electron chi connectivity index (χ3n) is 5.74. The Hall–Kier alpha value is -3.00. The molecule has 4 rings (SSSR count). The van der Waals surface area contributed by atoms with Gasteiger partial charge in [-0.2, -0.15) is 9.61 Å². The molecule has 2 aromatic heterocycles. The van der Waals surface area contributed by atoms with Crippen LogP contribution in [0.15, 0.2) is 30.6 Å². The average Bonchev–Trinajstić information content (AvgIpc) is 3.23. The van der Waals surface area contributed by atoms with E-state index in [4.69, 9.17) is 14.2 Å². The summed E-state index contributed by atoms with van der Waals surface area (Å²) in [5, 5.41) is 14.2. The highest BCUT2D eigenvalue weighted by Crippen LogP contribution is 2.42. The summed E-state index contributed by atoms with van der Waals surface area (Å²) in [6.45, 7) is 1.13. The quantitative estimate of drug-likeness (QED) is 0.638. The normalized spacial score (nSPS) is 16.7. The van der Waals surface area contributed by atoms with Gasteiger partial charge < -0.3 is 24.2 Å². The molecular weight excluding hydrogens is 384 g/mol. The second kappa shape index (κ2) is 8.79.